The second-order valence-electron chi connectivity index (χ2n) is 7.51. The van der Waals surface area contributed by atoms with Gasteiger partial charge in [-0.2, -0.15) is 0 Å². The van der Waals surface area contributed by atoms with Gasteiger partial charge >= 0.3 is 0 Å². The highest BCUT2D eigenvalue weighted by atomic mass is 16.5. The normalized spacial score (nSPS) is 18.4. The molecule has 6 nitrogen and oxygen atoms in total. The van der Waals surface area contributed by atoms with Crippen molar-refractivity contribution in [3.05, 3.63) is 48.0 Å². The number of hydrogen-bond donors (Lipinski definition) is 0. The highest BCUT2D eigenvalue weighted by Gasteiger charge is 2.25. The summed E-state index contributed by atoms with van der Waals surface area (Å²) in [6.45, 7) is 5.94. The van der Waals surface area contributed by atoms with Crippen LogP contribution in [0.25, 0.3) is 10.8 Å². The minimum Gasteiger partial charge on any atom is -0.379 e. The lowest BCUT2D eigenvalue weighted by Gasteiger charge is -2.36. The van der Waals surface area contributed by atoms with Gasteiger partial charge in [0.1, 0.15) is 0 Å². The molecule has 28 heavy (non-hydrogen) atoms. The van der Waals surface area contributed by atoms with E-state index >= 15 is 0 Å². The second-order valence-corrected chi connectivity index (χ2v) is 7.51. The summed E-state index contributed by atoms with van der Waals surface area (Å²) >= 11 is 0. The maximum Gasteiger partial charge on any atom is 0.236 e. The van der Waals surface area contributed by atoms with E-state index in [-0.39, 0.29) is 11.8 Å². The van der Waals surface area contributed by atoms with Gasteiger partial charge in [-0.3, -0.25) is 14.5 Å². The molecule has 2 aliphatic heterocycles. The maximum atomic E-state index is 12.7. The fourth-order valence-corrected chi connectivity index (χ4v) is 3.89. The van der Waals surface area contributed by atoms with Gasteiger partial charge in [0.05, 0.1) is 26.2 Å². The van der Waals surface area contributed by atoms with E-state index in [0.29, 0.717) is 52.4 Å². The number of morpholine rings is 1. The van der Waals surface area contributed by atoms with Gasteiger partial charge in [0, 0.05) is 39.3 Å². The van der Waals surface area contributed by atoms with Crippen molar-refractivity contribution in [3.63, 3.8) is 0 Å². The van der Waals surface area contributed by atoms with Crippen LogP contribution in [0.2, 0.25) is 0 Å². The summed E-state index contributed by atoms with van der Waals surface area (Å²) < 4.78 is 5.33. The first-order valence-corrected chi connectivity index (χ1v) is 10.0. The molecular formula is C22H27N3O3. The SMILES string of the molecule is O=C(Cc1ccc2ccccc2c1)N1CCN(C(=O)CN2CCOCC2)CC1. The molecule has 0 atom stereocenters. The zero-order chi connectivity index (χ0) is 19.3. The number of benzene rings is 2. The van der Waals surface area contributed by atoms with Crippen LogP contribution in [0.3, 0.4) is 0 Å². The number of carbonyl (C=O) groups excluding carboxylic acids is 2. The Kier molecular flexibility index (Phi) is 5.88. The molecule has 0 aromatic heterocycles. The lowest BCUT2D eigenvalue weighted by molar-refractivity contribution is -0.140. The van der Waals surface area contributed by atoms with Crippen LogP contribution in [0, 0.1) is 0 Å². The Morgan fingerprint density at radius 2 is 1.43 bits per heavy atom. The number of piperazine rings is 1. The van der Waals surface area contributed by atoms with Crippen molar-refractivity contribution in [1.82, 2.24) is 14.7 Å². The highest BCUT2D eigenvalue weighted by molar-refractivity contribution is 5.85. The number of nitrogens with zero attached hydrogens (tertiary/aromatic N) is 3. The standard InChI is InChI=1S/C22H27N3O3/c26-21(16-18-5-6-19-3-1-2-4-20(19)15-18)24-7-9-25(10-8-24)22(27)17-23-11-13-28-14-12-23/h1-6,15H,7-14,16-17H2. The fourth-order valence-electron chi connectivity index (χ4n) is 3.89. The molecule has 2 saturated heterocycles. The van der Waals surface area contributed by atoms with E-state index in [2.05, 4.69) is 29.2 Å². The molecule has 6 heteroatoms. The first-order chi connectivity index (χ1) is 13.7. The molecule has 0 bridgehead atoms. The monoisotopic (exact) mass is 381 g/mol. The van der Waals surface area contributed by atoms with Crippen molar-refractivity contribution in [1.29, 1.82) is 0 Å². The summed E-state index contributed by atoms with van der Waals surface area (Å²) in [5.74, 6) is 0.291. The molecule has 2 fully saturated rings. The highest BCUT2D eigenvalue weighted by Crippen LogP contribution is 2.17. The van der Waals surface area contributed by atoms with Crippen molar-refractivity contribution in [2.75, 3.05) is 59.0 Å². The number of fused-ring (bicyclic) bond motifs is 1. The lowest BCUT2D eigenvalue weighted by Crippen LogP contribution is -2.53. The Bertz CT molecular complexity index is 840. The Hall–Kier alpha value is -2.44. The molecular weight excluding hydrogens is 354 g/mol. The molecule has 2 heterocycles. The van der Waals surface area contributed by atoms with Gasteiger partial charge < -0.3 is 14.5 Å². The van der Waals surface area contributed by atoms with E-state index in [1.165, 1.54) is 5.39 Å². The molecule has 4 rings (SSSR count). The molecule has 0 unspecified atom stereocenters. The van der Waals surface area contributed by atoms with Crippen LogP contribution in [-0.2, 0) is 20.7 Å². The zero-order valence-corrected chi connectivity index (χ0v) is 16.2. The largest absolute Gasteiger partial charge is 0.379 e. The average molecular weight is 381 g/mol. The van der Waals surface area contributed by atoms with Crippen LogP contribution in [0.4, 0.5) is 0 Å². The minimum absolute atomic E-state index is 0.135. The van der Waals surface area contributed by atoms with Gasteiger partial charge in [-0.15, -0.1) is 0 Å². The van der Waals surface area contributed by atoms with Crippen molar-refractivity contribution in [3.8, 4) is 0 Å². The van der Waals surface area contributed by atoms with Crippen molar-refractivity contribution in [2.45, 2.75) is 6.42 Å². The quantitative estimate of drug-likeness (QED) is 0.803. The number of rotatable bonds is 4. The second kappa shape index (κ2) is 8.71. The third-order valence-electron chi connectivity index (χ3n) is 5.62. The first-order valence-electron chi connectivity index (χ1n) is 10.0. The van der Waals surface area contributed by atoms with E-state index in [1.54, 1.807) is 0 Å². The third-order valence-corrected chi connectivity index (χ3v) is 5.62. The Labute approximate surface area is 165 Å². The predicted molar refractivity (Wildman–Crippen MR) is 108 cm³/mol. The summed E-state index contributed by atoms with van der Waals surface area (Å²) in [7, 11) is 0. The number of amides is 2. The van der Waals surface area contributed by atoms with Crippen LogP contribution in [0.1, 0.15) is 5.56 Å². The summed E-state index contributed by atoms with van der Waals surface area (Å²) in [4.78, 5) is 31.1. The molecule has 0 spiro atoms. The van der Waals surface area contributed by atoms with Crippen molar-refractivity contribution >= 4 is 22.6 Å². The number of hydrogen-bond acceptors (Lipinski definition) is 4. The lowest BCUT2D eigenvalue weighted by atomic mass is 10.0. The van der Waals surface area contributed by atoms with E-state index < -0.39 is 0 Å². The summed E-state index contributed by atoms with van der Waals surface area (Å²) in [6, 6.07) is 14.4. The van der Waals surface area contributed by atoms with Crippen molar-refractivity contribution < 1.29 is 14.3 Å². The smallest absolute Gasteiger partial charge is 0.236 e. The van der Waals surface area contributed by atoms with Crippen LogP contribution < -0.4 is 0 Å². The third kappa shape index (κ3) is 4.51. The summed E-state index contributed by atoms with van der Waals surface area (Å²) in [5, 5.41) is 2.34. The van der Waals surface area contributed by atoms with E-state index in [1.807, 2.05) is 28.0 Å². The number of ether oxygens (including phenoxy) is 1. The van der Waals surface area contributed by atoms with Gasteiger partial charge in [0.25, 0.3) is 0 Å². The molecule has 2 aromatic carbocycles. The molecule has 148 valence electrons. The van der Waals surface area contributed by atoms with Crippen molar-refractivity contribution in [2.24, 2.45) is 0 Å². The minimum atomic E-state index is 0.135. The van der Waals surface area contributed by atoms with Gasteiger partial charge in [-0.25, -0.2) is 0 Å². The molecule has 0 N–H and O–H groups in total. The average Bonchev–Trinajstić information content (AvgIpc) is 2.74. The molecule has 2 aromatic rings. The maximum absolute atomic E-state index is 12.7. The Balaban J connectivity index is 1.27. The predicted octanol–water partition coefficient (Wildman–Crippen LogP) is 1.39. The summed E-state index contributed by atoms with van der Waals surface area (Å²) in [5.41, 5.74) is 1.04. The Morgan fingerprint density at radius 1 is 0.786 bits per heavy atom. The van der Waals surface area contributed by atoms with Gasteiger partial charge in [-0.1, -0.05) is 42.5 Å². The van der Waals surface area contributed by atoms with E-state index in [4.69, 9.17) is 4.74 Å². The van der Waals surface area contributed by atoms with Crippen LogP contribution in [0.15, 0.2) is 42.5 Å². The molecule has 0 aliphatic carbocycles. The van der Waals surface area contributed by atoms with E-state index in [0.717, 1.165) is 24.0 Å². The molecule has 0 saturated carbocycles. The molecule has 0 radical (unpaired) electrons. The first kappa shape index (κ1) is 18.9. The Morgan fingerprint density at radius 3 is 2.14 bits per heavy atom. The topological polar surface area (TPSA) is 53.1 Å². The van der Waals surface area contributed by atoms with E-state index in [9.17, 15) is 9.59 Å². The summed E-state index contributed by atoms with van der Waals surface area (Å²) in [6.07, 6.45) is 0.409. The zero-order valence-electron chi connectivity index (χ0n) is 16.2. The van der Waals surface area contributed by atoms with Crippen LogP contribution in [-0.4, -0.2) is 85.5 Å². The van der Waals surface area contributed by atoms with Gasteiger partial charge in [0.2, 0.25) is 11.8 Å². The van der Waals surface area contributed by atoms with Crippen LogP contribution in [0.5, 0.6) is 0 Å². The number of carbonyl (C=O) groups is 2. The van der Waals surface area contributed by atoms with Crippen LogP contribution >= 0.6 is 0 Å². The fraction of sp³-hybridized carbons (Fsp3) is 0.455. The molecule has 2 aliphatic rings. The van der Waals surface area contributed by atoms with Gasteiger partial charge in [-0.05, 0) is 16.3 Å². The molecule has 2 amide bonds. The van der Waals surface area contributed by atoms with Gasteiger partial charge in [0.15, 0.2) is 0 Å².